The third kappa shape index (κ3) is 3.99. The van der Waals surface area contributed by atoms with Crippen LogP contribution in [-0.4, -0.2) is 27.1 Å². The van der Waals surface area contributed by atoms with E-state index < -0.39 is 5.97 Å². The molecule has 1 aromatic carbocycles. The zero-order chi connectivity index (χ0) is 18.8. The number of benzene rings is 1. The van der Waals surface area contributed by atoms with Crippen molar-refractivity contribution in [2.75, 3.05) is 0 Å². The number of hydrogen-bond donors (Lipinski definition) is 2. The van der Waals surface area contributed by atoms with E-state index >= 15 is 0 Å². The van der Waals surface area contributed by atoms with Gasteiger partial charge in [0.05, 0.1) is 17.4 Å². The van der Waals surface area contributed by atoms with Gasteiger partial charge >= 0.3 is 5.97 Å². The number of hydrogen-bond acceptors (Lipinski definition) is 3. The van der Waals surface area contributed by atoms with E-state index in [2.05, 4.69) is 9.97 Å². The number of H-pyrrole nitrogens is 1. The second-order valence-corrected chi connectivity index (χ2v) is 7.46. The molecule has 5 nitrogen and oxygen atoms in total. The summed E-state index contributed by atoms with van der Waals surface area (Å²) in [7, 11) is 0. The molecule has 0 aliphatic heterocycles. The number of carboxylic acids is 1. The molecular formula is C21H21ClN2O3. The van der Waals surface area contributed by atoms with Crippen molar-refractivity contribution in [3.05, 3.63) is 64.4 Å². The Bertz CT molecular complexity index is 946. The average Bonchev–Trinajstić information content (AvgIpc) is 3.10. The summed E-state index contributed by atoms with van der Waals surface area (Å²) < 4.78 is 6.49. The van der Waals surface area contributed by atoms with Crippen molar-refractivity contribution >= 4 is 28.6 Å². The number of carboxylic acid groups (broad SMARTS) is 1. The van der Waals surface area contributed by atoms with Gasteiger partial charge in [-0.1, -0.05) is 43.0 Å². The summed E-state index contributed by atoms with van der Waals surface area (Å²) in [6.07, 6.45) is 7.07. The number of fused-ring (bicyclic) bond motifs is 1. The van der Waals surface area contributed by atoms with Crippen molar-refractivity contribution < 1.29 is 14.6 Å². The summed E-state index contributed by atoms with van der Waals surface area (Å²) in [6, 6.07) is 11.2. The van der Waals surface area contributed by atoms with Gasteiger partial charge in [-0.05, 0) is 42.7 Å². The quantitative estimate of drug-likeness (QED) is 0.621. The van der Waals surface area contributed by atoms with E-state index in [-0.39, 0.29) is 17.8 Å². The predicted octanol–water partition coefficient (Wildman–Crippen LogP) is 5.35. The largest absolute Gasteiger partial charge is 0.478 e. The van der Waals surface area contributed by atoms with E-state index in [4.69, 9.17) is 16.3 Å². The number of nitrogens with zero attached hydrogens (tertiary/aromatic N) is 1. The van der Waals surface area contributed by atoms with Gasteiger partial charge in [-0.15, -0.1) is 0 Å². The topological polar surface area (TPSA) is 75.2 Å². The Labute approximate surface area is 162 Å². The van der Waals surface area contributed by atoms with E-state index in [0.717, 1.165) is 29.5 Å². The van der Waals surface area contributed by atoms with Crippen LogP contribution in [0.4, 0.5) is 0 Å². The first-order valence-corrected chi connectivity index (χ1v) is 9.61. The zero-order valence-corrected chi connectivity index (χ0v) is 15.6. The van der Waals surface area contributed by atoms with Crippen molar-refractivity contribution in [3.8, 4) is 0 Å². The van der Waals surface area contributed by atoms with Gasteiger partial charge < -0.3 is 14.8 Å². The van der Waals surface area contributed by atoms with Gasteiger partial charge in [-0.2, -0.15) is 0 Å². The molecule has 1 aliphatic carbocycles. The van der Waals surface area contributed by atoms with E-state index in [1.165, 1.54) is 25.5 Å². The van der Waals surface area contributed by atoms with E-state index in [0.29, 0.717) is 10.7 Å². The fraction of sp³-hybridized carbons (Fsp3) is 0.333. The molecule has 27 heavy (non-hydrogen) atoms. The van der Waals surface area contributed by atoms with Crippen LogP contribution in [-0.2, 0) is 4.74 Å². The van der Waals surface area contributed by atoms with Crippen molar-refractivity contribution in [2.45, 2.75) is 44.3 Å². The zero-order valence-electron chi connectivity index (χ0n) is 14.8. The Balaban J connectivity index is 1.71. The molecule has 2 aromatic heterocycles. The highest BCUT2D eigenvalue weighted by Gasteiger charge is 2.24. The molecule has 0 saturated heterocycles. The first-order valence-electron chi connectivity index (χ1n) is 9.23. The maximum atomic E-state index is 11.2. The molecule has 1 aliphatic rings. The van der Waals surface area contributed by atoms with Crippen molar-refractivity contribution in [1.82, 2.24) is 9.97 Å². The van der Waals surface area contributed by atoms with Crippen LogP contribution in [0.3, 0.4) is 0 Å². The molecule has 1 fully saturated rings. The number of aromatic carboxylic acids is 1. The van der Waals surface area contributed by atoms with Crippen LogP contribution in [0.25, 0.3) is 11.0 Å². The lowest BCUT2D eigenvalue weighted by Crippen LogP contribution is -2.20. The van der Waals surface area contributed by atoms with Crippen LogP contribution in [0, 0.1) is 0 Å². The Morgan fingerprint density at radius 2 is 1.93 bits per heavy atom. The minimum absolute atomic E-state index is 0.171. The van der Waals surface area contributed by atoms with Gasteiger partial charge in [0.2, 0.25) is 0 Å². The maximum Gasteiger partial charge on any atom is 0.337 e. The van der Waals surface area contributed by atoms with Gasteiger partial charge in [0.25, 0.3) is 0 Å². The number of nitrogens with one attached hydrogen (secondary N) is 1. The standard InChI is InChI=1S/C21H21ClN2O3/c22-16-8-6-13(7-9-16)19(27-17-4-2-1-3-5-17)18-11-14-10-15(21(25)26)12-23-20(14)24-18/h6-12,17,19H,1-5H2,(H,23,24)(H,25,26). The fourth-order valence-electron chi connectivity index (χ4n) is 3.66. The molecule has 1 atom stereocenters. The lowest BCUT2D eigenvalue weighted by Gasteiger charge is -2.27. The number of aromatic amines is 1. The first kappa shape index (κ1) is 18.0. The molecule has 2 heterocycles. The normalized spacial score (nSPS) is 16.5. The molecule has 0 spiro atoms. The van der Waals surface area contributed by atoms with E-state index in [1.807, 2.05) is 30.3 Å². The average molecular weight is 385 g/mol. The summed E-state index contributed by atoms with van der Waals surface area (Å²) in [5, 5.41) is 10.6. The number of carbonyl (C=O) groups is 1. The molecule has 0 bridgehead atoms. The molecule has 1 saturated carbocycles. The van der Waals surface area contributed by atoms with Gasteiger partial charge in [0, 0.05) is 16.6 Å². The van der Waals surface area contributed by atoms with Gasteiger partial charge in [0.15, 0.2) is 0 Å². The molecule has 3 aromatic rings. The minimum Gasteiger partial charge on any atom is -0.478 e. The fourth-order valence-corrected chi connectivity index (χ4v) is 3.78. The van der Waals surface area contributed by atoms with E-state index in [9.17, 15) is 9.90 Å². The highest BCUT2D eigenvalue weighted by Crippen LogP contribution is 2.33. The summed E-state index contributed by atoms with van der Waals surface area (Å²) in [5.74, 6) is -0.986. The Hall–Kier alpha value is -2.37. The number of rotatable bonds is 5. The second-order valence-electron chi connectivity index (χ2n) is 7.02. The van der Waals surface area contributed by atoms with Gasteiger partial charge in [0.1, 0.15) is 11.8 Å². The Kier molecular flexibility index (Phi) is 5.14. The number of halogens is 1. The molecule has 6 heteroatoms. The molecule has 2 N–H and O–H groups in total. The monoisotopic (exact) mass is 384 g/mol. The van der Waals surface area contributed by atoms with Crippen LogP contribution < -0.4 is 0 Å². The lowest BCUT2D eigenvalue weighted by molar-refractivity contribution is -0.0134. The second kappa shape index (κ2) is 7.71. The van der Waals surface area contributed by atoms with Crippen molar-refractivity contribution in [2.24, 2.45) is 0 Å². The first-order chi connectivity index (χ1) is 13.1. The minimum atomic E-state index is -0.986. The molecular weight excluding hydrogens is 364 g/mol. The molecule has 140 valence electrons. The van der Waals surface area contributed by atoms with E-state index in [1.54, 1.807) is 6.07 Å². The Morgan fingerprint density at radius 1 is 1.19 bits per heavy atom. The third-order valence-corrected chi connectivity index (χ3v) is 5.33. The van der Waals surface area contributed by atoms with Crippen LogP contribution in [0.2, 0.25) is 5.02 Å². The smallest absolute Gasteiger partial charge is 0.337 e. The van der Waals surface area contributed by atoms with Crippen LogP contribution in [0.15, 0.2) is 42.6 Å². The van der Waals surface area contributed by atoms with Crippen molar-refractivity contribution in [1.29, 1.82) is 0 Å². The third-order valence-electron chi connectivity index (χ3n) is 5.07. The SMILES string of the molecule is O=C(O)c1cnc2[nH]c(C(OC3CCCCC3)c3ccc(Cl)cc3)cc2c1. The summed E-state index contributed by atoms with van der Waals surface area (Å²) >= 11 is 6.05. The number of aromatic nitrogens is 2. The number of pyridine rings is 1. The molecule has 4 rings (SSSR count). The summed E-state index contributed by atoms with van der Waals surface area (Å²) in [4.78, 5) is 18.8. The lowest BCUT2D eigenvalue weighted by atomic mass is 9.97. The highest BCUT2D eigenvalue weighted by atomic mass is 35.5. The van der Waals surface area contributed by atoms with Gasteiger partial charge in [-0.25, -0.2) is 9.78 Å². The molecule has 0 amide bonds. The van der Waals surface area contributed by atoms with Crippen LogP contribution >= 0.6 is 11.6 Å². The molecule has 1 unspecified atom stereocenters. The maximum absolute atomic E-state index is 11.2. The van der Waals surface area contributed by atoms with Crippen LogP contribution in [0.5, 0.6) is 0 Å². The summed E-state index contributed by atoms with van der Waals surface area (Å²) in [6.45, 7) is 0. The number of ether oxygens (including phenoxy) is 1. The van der Waals surface area contributed by atoms with Crippen molar-refractivity contribution in [3.63, 3.8) is 0 Å². The predicted molar refractivity (Wildman–Crippen MR) is 104 cm³/mol. The molecule has 0 radical (unpaired) electrons. The van der Waals surface area contributed by atoms with Gasteiger partial charge in [-0.3, -0.25) is 0 Å². The Morgan fingerprint density at radius 3 is 2.63 bits per heavy atom. The highest BCUT2D eigenvalue weighted by molar-refractivity contribution is 6.30. The summed E-state index contributed by atoms with van der Waals surface area (Å²) in [5.41, 5.74) is 2.70. The van der Waals surface area contributed by atoms with Crippen LogP contribution in [0.1, 0.15) is 59.8 Å².